The fourth-order valence-electron chi connectivity index (χ4n) is 1.18. The summed E-state index contributed by atoms with van der Waals surface area (Å²) in [7, 11) is 0. The van der Waals surface area contributed by atoms with E-state index >= 15 is 0 Å². The van der Waals surface area contributed by atoms with Gasteiger partial charge in [-0.25, -0.2) is 13.5 Å². The first-order chi connectivity index (χ1) is 6.56. The van der Waals surface area contributed by atoms with E-state index in [4.69, 9.17) is 5.73 Å². The van der Waals surface area contributed by atoms with Gasteiger partial charge < -0.3 is 11.1 Å². The third-order valence-electron chi connectivity index (χ3n) is 1.90. The van der Waals surface area contributed by atoms with Crippen molar-refractivity contribution in [1.29, 1.82) is 0 Å². The highest BCUT2D eigenvalue weighted by Crippen LogP contribution is 2.21. The first-order valence-corrected chi connectivity index (χ1v) is 4.41. The Balaban J connectivity index is 2.82. The molecule has 0 spiro atoms. The van der Waals surface area contributed by atoms with Crippen molar-refractivity contribution >= 4 is 11.5 Å². The van der Waals surface area contributed by atoms with E-state index in [0.29, 0.717) is 23.7 Å². The molecule has 0 saturated carbocycles. The number of alkyl halides is 2. The molecule has 1 rings (SSSR count). The lowest BCUT2D eigenvalue weighted by Gasteiger charge is -2.08. The molecule has 0 radical (unpaired) electrons. The predicted molar refractivity (Wildman–Crippen MR) is 51.5 cm³/mol. The largest absolute Gasteiger partial charge is 0.394 e. The number of nitrogens with two attached hydrogens (primary N) is 1. The fraction of sp³-hybridized carbons (Fsp3) is 0.625. The van der Waals surface area contributed by atoms with Crippen molar-refractivity contribution in [3.63, 3.8) is 0 Å². The SMILES string of the molecule is CCn1nc(C)c(N)c1NCC(F)F. The highest BCUT2D eigenvalue weighted by molar-refractivity contribution is 5.64. The minimum atomic E-state index is -2.39. The van der Waals surface area contributed by atoms with Crippen LogP contribution in [0.3, 0.4) is 0 Å². The van der Waals surface area contributed by atoms with E-state index in [1.807, 2.05) is 6.92 Å². The lowest BCUT2D eigenvalue weighted by molar-refractivity contribution is 0.163. The molecule has 0 amide bonds. The maximum atomic E-state index is 12.0. The van der Waals surface area contributed by atoms with Crippen molar-refractivity contribution in [3.8, 4) is 0 Å². The Morgan fingerprint density at radius 1 is 1.57 bits per heavy atom. The molecule has 0 bridgehead atoms. The van der Waals surface area contributed by atoms with Crippen LogP contribution in [0.4, 0.5) is 20.3 Å². The molecule has 1 heterocycles. The van der Waals surface area contributed by atoms with Crippen LogP contribution >= 0.6 is 0 Å². The second-order valence-corrected chi connectivity index (χ2v) is 2.94. The van der Waals surface area contributed by atoms with E-state index in [-0.39, 0.29) is 0 Å². The molecule has 14 heavy (non-hydrogen) atoms. The molecule has 0 atom stereocenters. The van der Waals surface area contributed by atoms with Gasteiger partial charge in [-0.3, -0.25) is 0 Å². The summed E-state index contributed by atoms with van der Waals surface area (Å²) in [6.45, 7) is 3.81. The van der Waals surface area contributed by atoms with Crippen LogP contribution in [0.15, 0.2) is 0 Å². The van der Waals surface area contributed by atoms with Crippen LogP contribution < -0.4 is 11.1 Å². The van der Waals surface area contributed by atoms with Crippen molar-refractivity contribution in [3.05, 3.63) is 5.69 Å². The molecule has 0 aromatic carbocycles. The first-order valence-electron chi connectivity index (χ1n) is 4.41. The number of hydrogen-bond acceptors (Lipinski definition) is 3. The van der Waals surface area contributed by atoms with Gasteiger partial charge in [0.2, 0.25) is 0 Å². The smallest absolute Gasteiger partial charge is 0.255 e. The number of hydrogen-bond donors (Lipinski definition) is 2. The first kappa shape index (κ1) is 10.7. The number of anilines is 2. The lowest BCUT2D eigenvalue weighted by atomic mass is 10.4. The highest BCUT2D eigenvalue weighted by atomic mass is 19.3. The van der Waals surface area contributed by atoms with Gasteiger partial charge in [0.25, 0.3) is 6.43 Å². The maximum absolute atomic E-state index is 12.0. The zero-order chi connectivity index (χ0) is 10.7. The second kappa shape index (κ2) is 4.26. The van der Waals surface area contributed by atoms with Crippen LogP contribution in [0, 0.1) is 6.92 Å². The molecular weight excluding hydrogens is 190 g/mol. The minimum Gasteiger partial charge on any atom is -0.394 e. The van der Waals surface area contributed by atoms with E-state index in [2.05, 4.69) is 10.4 Å². The normalized spacial score (nSPS) is 10.9. The summed E-state index contributed by atoms with van der Waals surface area (Å²) in [6, 6.07) is 0. The number of halogens is 2. The number of aromatic nitrogens is 2. The van der Waals surface area contributed by atoms with E-state index in [1.165, 1.54) is 0 Å². The van der Waals surface area contributed by atoms with Crippen molar-refractivity contribution in [1.82, 2.24) is 9.78 Å². The van der Waals surface area contributed by atoms with Gasteiger partial charge in [-0.2, -0.15) is 5.10 Å². The van der Waals surface area contributed by atoms with Crippen LogP contribution in [0.25, 0.3) is 0 Å². The van der Waals surface area contributed by atoms with Crippen LogP contribution in [0.5, 0.6) is 0 Å². The number of aryl methyl sites for hydroxylation is 2. The summed E-state index contributed by atoms with van der Waals surface area (Å²) in [5.74, 6) is 0.477. The average Bonchev–Trinajstić information content (AvgIpc) is 2.40. The number of nitrogens with zero attached hydrogens (tertiary/aromatic N) is 2. The Morgan fingerprint density at radius 2 is 2.21 bits per heavy atom. The number of rotatable bonds is 4. The Labute approximate surface area is 81.1 Å². The topological polar surface area (TPSA) is 55.9 Å². The van der Waals surface area contributed by atoms with Gasteiger partial charge in [0, 0.05) is 6.54 Å². The van der Waals surface area contributed by atoms with Crippen molar-refractivity contribution in [2.24, 2.45) is 0 Å². The van der Waals surface area contributed by atoms with Crippen LogP contribution in [-0.4, -0.2) is 22.8 Å². The summed E-state index contributed by atoms with van der Waals surface area (Å²) in [4.78, 5) is 0. The molecule has 0 aliphatic rings. The standard InChI is InChI=1S/C8H14F2N4/c1-3-14-8(12-4-6(9)10)7(11)5(2)13-14/h6,12H,3-4,11H2,1-2H3. The Bertz CT molecular complexity index is 309. The van der Waals surface area contributed by atoms with E-state index in [1.54, 1.807) is 11.6 Å². The van der Waals surface area contributed by atoms with E-state index in [9.17, 15) is 8.78 Å². The molecule has 1 aromatic rings. The lowest BCUT2D eigenvalue weighted by Crippen LogP contribution is -2.14. The molecule has 0 saturated heterocycles. The molecule has 0 fully saturated rings. The summed E-state index contributed by atoms with van der Waals surface area (Å²) in [5, 5.41) is 6.67. The van der Waals surface area contributed by atoms with Gasteiger partial charge in [-0.1, -0.05) is 0 Å². The monoisotopic (exact) mass is 204 g/mol. The fourth-order valence-corrected chi connectivity index (χ4v) is 1.18. The van der Waals surface area contributed by atoms with Gasteiger partial charge in [0.05, 0.1) is 17.9 Å². The van der Waals surface area contributed by atoms with Gasteiger partial charge in [0.15, 0.2) is 0 Å². The van der Waals surface area contributed by atoms with Gasteiger partial charge in [-0.05, 0) is 13.8 Å². The molecular formula is C8H14F2N4. The molecule has 1 aromatic heterocycles. The third kappa shape index (κ3) is 2.12. The Kier molecular flexibility index (Phi) is 3.27. The predicted octanol–water partition coefficient (Wildman–Crippen LogP) is 1.47. The molecule has 80 valence electrons. The third-order valence-corrected chi connectivity index (χ3v) is 1.90. The molecule has 4 nitrogen and oxygen atoms in total. The molecule has 3 N–H and O–H groups in total. The molecule has 0 aliphatic heterocycles. The summed E-state index contributed by atoms with van der Waals surface area (Å²) >= 11 is 0. The number of nitrogen functional groups attached to an aromatic ring is 1. The van der Waals surface area contributed by atoms with Gasteiger partial charge >= 0.3 is 0 Å². The summed E-state index contributed by atoms with van der Waals surface area (Å²) in [5.41, 5.74) is 6.77. The van der Waals surface area contributed by atoms with E-state index < -0.39 is 13.0 Å². The summed E-state index contributed by atoms with van der Waals surface area (Å²) in [6.07, 6.45) is -2.39. The zero-order valence-electron chi connectivity index (χ0n) is 8.22. The van der Waals surface area contributed by atoms with Crippen molar-refractivity contribution in [2.75, 3.05) is 17.6 Å². The number of nitrogens with one attached hydrogen (secondary N) is 1. The molecule has 0 aliphatic carbocycles. The van der Waals surface area contributed by atoms with Crippen molar-refractivity contribution < 1.29 is 8.78 Å². The van der Waals surface area contributed by atoms with Crippen LogP contribution in [-0.2, 0) is 6.54 Å². The van der Waals surface area contributed by atoms with E-state index in [0.717, 1.165) is 0 Å². The average molecular weight is 204 g/mol. The quantitative estimate of drug-likeness (QED) is 0.780. The molecule has 0 unspecified atom stereocenters. The zero-order valence-corrected chi connectivity index (χ0v) is 8.22. The van der Waals surface area contributed by atoms with Crippen LogP contribution in [0.1, 0.15) is 12.6 Å². The highest BCUT2D eigenvalue weighted by Gasteiger charge is 2.12. The minimum absolute atomic E-state index is 0.407. The molecule has 6 heteroatoms. The van der Waals surface area contributed by atoms with Gasteiger partial charge in [0.1, 0.15) is 5.82 Å². The summed E-state index contributed by atoms with van der Waals surface area (Å²) < 4.78 is 25.5. The van der Waals surface area contributed by atoms with Crippen molar-refractivity contribution in [2.45, 2.75) is 26.8 Å². The Morgan fingerprint density at radius 3 is 2.71 bits per heavy atom. The Hall–Kier alpha value is -1.33. The van der Waals surface area contributed by atoms with Gasteiger partial charge in [-0.15, -0.1) is 0 Å². The second-order valence-electron chi connectivity index (χ2n) is 2.94. The maximum Gasteiger partial charge on any atom is 0.255 e. The van der Waals surface area contributed by atoms with Crippen LogP contribution in [0.2, 0.25) is 0 Å².